The van der Waals surface area contributed by atoms with E-state index in [-0.39, 0.29) is 0 Å². The van der Waals surface area contributed by atoms with Crippen LogP contribution < -0.4 is 5.32 Å². The van der Waals surface area contributed by atoms with Crippen LogP contribution in [0.25, 0.3) is 6.08 Å². The van der Waals surface area contributed by atoms with Gasteiger partial charge in [0, 0.05) is 6.08 Å². The van der Waals surface area contributed by atoms with Crippen molar-refractivity contribution in [2.24, 2.45) is 0 Å². The number of ether oxygens (including phenoxy) is 1. The molecule has 0 aliphatic rings. The molecule has 0 atom stereocenters. The largest absolute Gasteiger partial charge is 0.452 e. The van der Waals surface area contributed by atoms with Crippen LogP contribution in [0.5, 0.6) is 0 Å². The molecule has 0 unspecified atom stereocenters. The number of carbonyl (C=O) groups is 2. The first-order chi connectivity index (χ1) is 11.1. The van der Waals surface area contributed by atoms with Crippen molar-refractivity contribution in [2.75, 3.05) is 11.9 Å². The second-order valence-corrected chi connectivity index (χ2v) is 5.59. The van der Waals surface area contributed by atoms with E-state index >= 15 is 0 Å². The molecule has 0 saturated heterocycles. The Labute approximate surface area is 137 Å². The number of anilines is 1. The molecule has 1 aromatic heterocycles. The van der Waals surface area contributed by atoms with Crippen LogP contribution in [0, 0.1) is 18.3 Å². The number of hydrogen-bond acceptors (Lipinski definition) is 5. The van der Waals surface area contributed by atoms with Crippen molar-refractivity contribution >= 4 is 34.3 Å². The molecule has 0 saturated carbocycles. The van der Waals surface area contributed by atoms with Crippen molar-refractivity contribution in [3.63, 3.8) is 0 Å². The summed E-state index contributed by atoms with van der Waals surface area (Å²) < 4.78 is 4.86. The van der Waals surface area contributed by atoms with Crippen molar-refractivity contribution in [3.8, 4) is 6.07 Å². The van der Waals surface area contributed by atoms with Crippen LogP contribution >= 0.6 is 11.3 Å². The molecule has 1 amide bonds. The summed E-state index contributed by atoms with van der Waals surface area (Å²) in [6.07, 6.45) is 2.89. The normalized spacial score (nSPS) is 10.3. The number of carbonyl (C=O) groups excluding carboxylic acids is 2. The molecule has 2 rings (SSSR count). The number of nitriles is 1. The monoisotopic (exact) mass is 326 g/mol. The summed E-state index contributed by atoms with van der Waals surface area (Å²) in [4.78, 5) is 23.3. The van der Waals surface area contributed by atoms with E-state index in [2.05, 4.69) is 5.32 Å². The number of nitrogens with zero attached hydrogens (tertiary/aromatic N) is 1. The lowest BCUT2D eigenvalue weighted by Crippen LogP contribution is -2.19. The predicted octanol–water partition coefficient (Wildman–Crippen LogP) is 3.12. The molecule has 0 fully saturated rings. The molecule has 116 valence electrons. The molecule has 5 nitrogen and oxygen atoms in total. The summed E-state index contributed by atoms with van der Waals surface area (Å²) in [6.45, 7) is 1.57. The van der Waals surface area contributed by atoms with Gasteiger partial charge in [0.15, 0.2) is 6.61 Å². The molecule has 0 aliphatic heterocycles. The topological polar surface area (TPSA) is 79.2 Å². The molecule has 6 heteroatoms. The molecule has 23 heavy (non-hydrogen) atoms. The minimum atomic E-state index is -0.604. The molecule has 1 aromatic carbocycles. The minimum Gasteiger partial charge on any atom is -0.452 e. The Morgan fingerprint density at radius 3 is 2.74 bits per heavy atom. The van der Waals surface area contributed by atoms with Gasteiger partial charge in [0.05, 0.1) is 5.56 Å². The molecule has 0 aliphatic carbocycles. The quantitative estimate of drug-likeness (QED) is 0.676. The first-order valence-electron chi connectivity index (χ1n) is 6.77. The van der Waals surface area contributed by atoms with Crippen LogP contribution in [0.3, 0.4) is 0 Å². The zero-order valence-corrected chi connectivity index (χ0v) is 13.2. The van der Waals surface area contributed by atoms with Crippen molar-refractivity contribution < 1.29 is 14.3 Å². The zero-order valence-electron chi connectivity index (χ0n) is 12.4. The highest BCUT2D eigenvalue weighted by molar-refractivity contribution is 7.14. The molecule has 0 bridgehead atoms. The summed E-state index contributed by atoms with van der Waals surface area (Å²) in [7, 11) is 0. The van der Waals surface area contributed by atoms with Gasteiger partial charge in [0.25, 0.3) is 5.91 Å². The Morgan fingerprint density at radius 2 is 2.04 bits per heavy atom. The zero-order chi connectivity index (χ0) is 16.7. The molecule has 0 spiro atoms. The molecule has 1 heterocycles. The Kier molecular flexibility index (Phi) is 5.67. The summed E-state index contributed by atoms with van der Waals surface area (Å²) in [6, 6.07) is 11.2. The van der Waals surface area contributed by atoms with Gasteiger partial charge in [-0.1, -0.05) is 29.8 Å². The highest BCUT2D eigenvalue weighted by Crippen LogP contribution is 2.21. The summed E-state index contributed by atoms with van der Waals surface area (Å²) in [5.74, 6) is -1.09. The second kappa shape index (κ2) is 7.92. The van der Waals surface area contributed by atoms with Crippen molar-refractivity contribution in [3.05, 3.63) is 58.5 Å². The van der Waals surface area contributed by atoms with Gasteiger partial charge in [-0.25, -0.2) is 4.79 Å². The van der Waals surface area contributed by atoms with E-state index in [9.17, 15) is 9.59 Å². The van der Waals surface area contributed by atoms with Gasteiger partial charge in [0.1, 0.15) is 11.1 Å². The molecule has 0 radical (unpaired) electrons. The Hall–Kier alpha value is -2.91. The van der Waals surface area contributed by atoms with Crippen LogP contribution in [0.4, 0.5) is 5.00 Å². The average Bonchev–Trinajstić information content (AvgIpc) is 2.99. The van der Waals surface area contributed by atoms with Gasteiger partial charge < -0.3 is 10.1 Å². The average molecular weight is 326 g/mol. The fourth-order valence-corrected chi connectivity index (χ4v) is 2.44. The number of nitrogens with one attached hydrogen (secondary N) is 1. The fourth-order valence-electron chi connectivity index (χ4n) is 1.68. The molecular weight excluding hydrogens is 312 g/mol. The lowest BCUT2D eigenvalue weighted by atomic mass is 10.1. The van der Waals surface area contributed by atoms with Crippen molar-refractivity contribution in [2.45, 2.75) is 6.92 Å². The number of thiophene rings is 1. The number of hydrogen-bond donors (Lipinski definition) is 1. The van der Waals surface area contributed by atoms with Gasteiger partial charge in [-0.3, -0.25) is 4.79 Å². The Morgan fingerprint density at radius 1 is 1.30 bits per heavy atom. The predicted molar refractivity (Wildman–Crippen MR) is 88.8 cm³/mol. The third-order valence-electron chi connectivity index (χ3n) is 2.87. The number of amides is 1. The van der Waals surface area contributed by atoms with E-state index in [0.29, 0.717) is 10.6 Å². The number of aryl methyl sites for hydroxylation is 1. The third-order valence-corrected chi connectivity index (χ3v) is 3.70. The van der Waals surface area contributed by atoms with Gasteiger partial charge in [-0.2, -0.15) is 5.26 Å². The van der Waals surface area contributed by atoms with E-state index < -0.39 is 18.5 Å². The van der Waals surface area contributed by atoms with E-state index in [1.165, 1.54) is 17.4 Å². The summed E-state index contributed by atoms with van der Waals surface area (Å²) >= 11 is 1.24. The second-order valence-electron chi connectivity index (χ2n) is 4.68. The van der Waals surface area contributed by atoms with Crippen molar-refractivity contribution in [1.82, 2.24) is 0 Å². The summed E-state index contributed by atoms with van der Waals surface area (Å²) in [5.41, 5.74) is 2.38. The summed E-state index contributed by atoms with van der Waals surface area (Å²) in [5, 5.41) is 13.5. The van der Waals surface area contributed by atoms with E-state index in [1.54, 1.807) is 17.5 Å². The lowest BCUT2D eigenvalue weighted by Gasteiger charge is -2.03. The first-order valence-corrected chi connectivity index (χ1v) is 7.65. The van der Waals surface area contributed by atoms with E-state index in [1.807, 2.05) is 37.3 Å². The first kappa shape index (κ1) is 16.5. The standard InChI is InChI=1S/C17H14N2O3S/c1-12-2-4-13(5-3-12)6-7-16(21)22-11-15(20)19-17-14(10-18)8-9-23-17/h2-9H,11H2,1H3,(H,19,20)/b7-6+. The fraction of sp³-hybridized carbons (Fsp3) is 0.118. The van der Waals surface area contributed by atoms with Crippen LogP contribution in [0.15, 0.2) is 41.8 Å². The molecular formula is C17H14N2O3S. The van der Waals surface area contributed by atoms with Gasteiger partial charge >= 0.3 is 5.97 Å². The number of benzene rings is 1. The van der Waals surface area contributed by atoms with Crippen LogP contribution in [0.2, 0.25) is 0 Å². The molecule has 2 aromatic rings. The van der Waals surface area contributed by atoms with Crippen LogP contribution in [-0.4, -0.2) is 18.5 Å². The maximum absolute atomic E-state index is 11.7. The SMILES string of the molecule is Cc1ccc(/C=C/C(=O)OCC(=O)Nc2sccc2C#N)cc1. The Bertz CT molecular complexity index is 770. The highest BCUT2D eigenvalue weighted by Gasteiger charge is 2.09. The van der Waals surface area contributed by atoms with Gasteiger partial charge in [0.2, 0.25) is 0 Å². The number of esters is 1. The third kappa shape index (κ3) is 5.09. The number of rotatable bonds is 5. The van der Waals surface area contributed by atoms with Crippen LogP contribution in [0.1, 0.15) is 16.7 Å². The Balaban J connectivity index is 1.81. The van der Waals surface area contributed by atoms with Crippen LogP contribution in [-0.2, 0) is 14.3 Å². The minimum absolute atomic E-state index is 0.383. The van der Waals surface area contributed by atoms with E-state index in [4.69, 9.17) is 10.00 Å². The smallest absolute Gasteiger partial charge is 0.331 e. The van der Waals surface area contributed by atoms with E-state index in [0.717, 1.165) is 11.1 Å². The van der Waals surface area contributed by atoms with Gasteiger partial charge in [-0.15, -0.1) is 11.3 Å². The molecule has 1 N–H and O–H groups in total. The maximum atomic E-state index is 11.7. The lowest BCUT2D eigenvalue weighted by molar-refractivity contribution is -0.142. The maximum Gasteiger partial charge on any atom is 0.331 e. The highest BCUT2D eigenvalue weighted by atomic mass is 32.1. The van der Waals surface area contributed by atoms with Crippen molar-refractivity contribution in [1.29, 1.82) is 5.26 Å². The van der Waals surface area contributed by atoms with Gasteiger partial charge in [-0.05, 0) is 30.0 Å².